The summed E-state index contributed by atoms with van der Waals surface area (Å²) in [6, 6.07) is 9.96. The highest BCUT2D eigenvalue weighted by molar-refractivity contribution is 8.00. The van der Waals surface area contributed by atoms with E-state index in [1.807, 2.05) is 0 Å². The maximum atomic E-state index is 13.7. The Morgan fingerprint density at radius 1 is 1.27 bits per heavy atom. The molecule has 2 aromatic carbocycles. The lowest BCUT2D eigenvalue weighted by atomic mass is 10.2. The number of nitrogens with two attached hydrogens (primary N) is 1. The molecule has 0 saturated carbocycles. The van der Waals surface area contributed by atoms with Crippen molar-refractivity contribution >= 4 is 29.3 Å². The van der Waals surface area contributed by atoms with Crippen LogP contribution in [0.15, 0.2) is 47.4 Å². The number of rotatable bonds is 7. The van der Waals surface area contributed by atoms with Gasteiger partial charge in [-0.05, 0) is 18.2 Å². The van der Waals surface area contributed by atoms with Crippen LogP contribution < -0.4 is 5.73 Å². The van der Waals surface area contributed by atoms with Crippen LogP contribution in [-0.2, 0) is 11.3 Å². The summed E-state index contributed by atoms with van der Waals surface area (Å²) in [5, 5.41) is 11.2. The molecule has 0 atom stereocenters. The van der Waals surface area contributed by atoms with Crippen LogP contribution in [0.4, 0.5) is 10.1 Å². The molecule has 2 rings (SSSR count). The smallest absolute Gasteiger partial charge is 0.283 e. The monoisotopic (exact) mass is 377 g/mol. The first-order valence-corrected chi connectivity index (χ1v) is 8.46. The minimum Gasteiger partial charge on any atom is -0.366 e. The Balaban J connectivity index is 2.05. The average Bonchev–Trinajstić information content (AvgIpc) is 2.61. The predicted molar refractivity (Wildman–Crippen MR) is 95.2 cm³/mol. The zero-order valence-corrected chi connectivity index (χ0v) is 14.7. The van der Waals surface area contributed by atoms with E-state index in [1.54, 1.807) is 18.2 Å². The molecule has 9 heteroatoms. The van der Waals surface area contributed by atoms with Gasteiger partial charge >= 0.3 is 0 Å². The second-order valence-electron chi connectivity index (χ2n) is 5.43. The highest BCUT2D eigenvalue weighted by atomic mass is 32.2. The molecule has 0 heterocycles. The summed E-state index contributed by atoms with van der Waals surface area (Å²) in [7, 11) is 1.53. The van der Waals surface area contributed by atoms with Crippen molar-refractivity contribution in [1.29, 1.82) is 0 Å². The van der Waals surface area contributed by atoms with Crippen LogP contribution in [-0.4, -0.2) is 34.4 Å². The second kappa shape index (κ2) is 8.43. The van der Waals surface area contributed by atoms with Crippen molar-refractivity contribution in [1.82, 2.24) is 4.90 Å². The van der Waals surface area contributed by atoms with E-state index < -0.39 is 16.6 Å². The summed E-state index contributed by atoms with van der Waals surface area (Å²) in [5.74, 6) is -1.56. The highest BCUT2D eigenvalue weighted by Gasteiger charge is 2.19. The van der Waals surface area contributed by atoms with Crippen LogP contribution in [0.2, 0.25) is 0 Å². The number of amides is 2. The number of nitrogens with zero attached hydrogens (tertiary/aromatic N) is 2. The van der Waals surface area contributed by atoms with Crippen molar-refractivity contribution < 1.29 is 18.9 Å². The third-order valence-corrected chi connectivity index (χ3v) is 4.63. The predicted octanol–water partition coefficient (Wildman–Crippen LogP) is 2.58. The maximum Gasteiger partial charge on any atom is 0.283 e. The van der Waals surface area contributed by atoms with Gasteiger partial charge in [-0.15, -0.1) is 11.8 Å². The third kappa shape index (κ3) is 4.79. The number of carbonyl (C=O) groups excluding carboxylic acids is 2. The van der Waals surface area contributed by atoms with Crippen LogP contribution in [0.1, 0.15) is 15.9 Å². The Morgan fingerprint density at radius 3 is 2.58 bits per heavy atom. The van der Waals surface area contributed by atoms with Crippen molar-refractivity contribution in [2.75, 3.05) is 12.8 Å². The summed E-state index contributed by atoms with van der Waals surface area (Å²) in [5.41, 5.74) is 5.22. The minimum atomic E-state index is -0.773. The molecule has 2 amide bonds. The van der Waals surface area contributed by atoms with Crippen LogP contribution in [0, 0.1) is 15.9 Å². The first-order valence-electron chi connectivity index (χ1n) is 7.48. The van der Waals surface area contributed by atoms with Crippen LogP contribution in [0.5, 0.6) is 0 Å². The number of primary amides is 1. The number of hydrogen-bond donors (Lipinski definition) is 1. The van der Waals surface area contributed by atoms with Crippen LogP contribution >= 0.6 is 11.8 Å². The molecule has 2 aromatic rings. The van der Waals surface area contributed by atoms with E-state index in [2.05, 4.69) is 0 Å². The van der Waals surface area contributed by atoms with Crippen molar-refractivity contribution in [3.05, 3.63) is 69.5 Å². The van der Waals surface area contributed by atoms with E-state index in [4.69, 9.17) is 5.73 Å². The molecule has 0 aliphatic rings. The normalized spacial score (nSPS) is 10.4. The molecule has 26 heavy (non-hydrogen) atoms. The number of thioether (sulfide) groups is 1. The molecule has 0 bridgehead atoms. The van der Waals surface area contributed by atoms with E-state index in [-0.39, 0.29) is 34.4 Å². The average molecular weight is 377 g/mol. The fourth-order valence-corrected chi connectivity index (χ4v) is 3.10. The van der Waals surface area contributed by atoms with Gasteiger partial charge in [0.25, 0.3) is 5.69 Å². The number of nitro benzene ring substituents is 1. The summed E-state index contributed by atoms with van der Waals surface area (Å²) in [6.07, 6.45) is 0. The van der Waals surface area contributed by atoms with Crippen molar-refractivity contribution in [2.24, 2.45) is 5.73 Å². The molecule has 0 aromatic heterocycles. The fraction of sp³-hybridized carbons (Fsp3) is 0.176. The molecule has 2 N–H and O–H groups in total. The molecule has 136 valence electrons. The van der Waals surface area contributed by atoms with E-state index >= 15 is 0 Å². The standard InChI is InChI=1S/C17H16FN3O4S/c1-20(9-12-4-2-3-5-13(12)18)16(22)10-26-15-7-6-11(17(19)23)8-14(15)21(24)25/h2-8H,9-10H2,1H3,(H2,19,23). The van der Waals surface area contributed by atoms with Gasteiger partial charge in [0.05, 0.1) is 15.6 Å². The Kier molecular flexibility index (Phi) is 6.29. The number of halogens is 1. The second-order valence-corrected chi connectivity index (χ2v) is 6.45. The Morgan fingerprint density at radius 2 is 1.96 bits per heavy atom. The maximum absolute atomic E-state index is 13.7. The first kappa shape index (κ1) is 19.4. The number of hydrogen-bond acceptors (Lipinski definition) is 5. The number of nitro groups is 1. The molecule has 0 radical (unpaired) electrons. The molecule has 0 fully saturated rings. The topological polar surface area (TPSA) is 107 Å². The summed E-state index contributed by atoms with van der Waals surface area (Å²) < 4.78 is 13.7. The zero-order chi connectivity index (χ0) is 19.3. The lowest BCUT2D eigenvalue weighted by Gasteiger charge is -2.17. The molecule has 7 nitrogen and oxygen atoms in total. The Bertz CT molecular complexity index is 860. The lowest BCUT2D eigenvalue weighted by Crippen LogP contribution is -2.28. The summed E-state index contributed by atoms with van der Waals surface area (Å²) in [4.78, 5) is 35.5. The van der Waals surface area contributed by atoms with Gasteiger partial charge in [-0.25, -0.2) is 4.39 Å². The van der Waals surface area contributed by atoms with Crippen molar-refractivity contribution in [2.45, 2.75) is 11.4 Å². The molecule has 0 aliphatic heterocycles. The molecule has 0 aliphatic carbocycles. The van der Waals surface area contributed by atoms with E-state index in [0.29, 0.717) is 5.56 Å². The first-order chi connectivity index (χ1) is 12.3. The molecular weight excluding hydrogens is 361 g/mol. The third-order valence-electron chi connectivity index (χ3n) is 3.58. The lowest BCUT2D eigenvalue weighted by molar-refractivity contribution is -0.387. The summed E-state index contributed by atoms with van der Waals surface area (Å²) in [6.45, 7) is 0.0920. The molecule has 0 spiro atoms. The summed E-state index contributed by atoms with van der Waals surface area (Å²) >= 11 is 0.968. The fourth-order valence-electron chi connectivity index (χ4n) is 2.16. The van der Waals surface area contributed by atoms with Gasteiger partial charge in [-0.1, -0.05) is 18.2 Å². The van der Waals surface area contributed by atoms with E-state index in [1.165, 1.54) is 30.1 Å². The van der Waals surface area contributed by atoms with Crippen LogP contribution in [0.25, 0.3) is 0 Å². The SMILES string of the molecule is CN(Cc1ccccc1F)C(=O)CSc1ccc(C(N)=O)cc1[N+](=O)[O-]. The van der Waals surface area contributed by atoms with Gasteiger partial charge in [0, 0.05) is 30.8 Å². The molecular formula is C17H16FN3O4S. The van der Waals surface area contributed by atoms with Crippen LogP contribution in [0.3, 0.4) is 0 Å². The molecule has 0 saturated heterocycles. The molecule has 0 unspecified atom stereocenters. The quantitative estimate of drug-likeness (QED) is 0.453. The van der Waals surface area contributed by atoms with E-state index in [0.717, 1.165) is 17.8 Å². The van der Waals surface area contributed by atoms with Gasteiger partial charge in [0.2, 0.25) is 11.8 Å². The van der Waals surface area contributed by atoms with E-state index in [9.17, 15) is 24.1 Å². The minimum absolute atomic E-state index is 0.0176. The Labute approximate surface area is 153 Å². The number of benzene rings is 2. The number of carbonyl (C=O) groups is 2. The highest BCUT2D eigenvalue weighted by Crippen LogP contribution is 2.30. The van der Waals surface area contributed by atoms with Gasteiger partial charge in [-0.3, -0.25) is 19.7 Å². The zero-order valence-electron chi connectivity index (χ0n) is 13.8. The Hall–Kier alpha value is -2.94. The van der Waals surface area contributed by atoms with Gasteiger partial charge in [0.15, 0.2) is 0 Å². The van der Waals surface area contributed by atoms with Crippen molar-refractivity contribution in [3.63, 3.8) is 0 Å². The van der Waals surface area contributed by atoms with Crippen molar-refractivity contribution in [3.8, 4) is 0 Å². The van der Waals surface area contributed by atoms with Gasteiger partial charge in [-0.2, -0.15) is 0 Å². The largest absolute Gasteiger partial charge is 0.366 e. The van der Waals surface area contributed by atoms with Gasteiger partial charge in [0.1, 0.15) is 5.82 Å². The van der Waals surface area contributed by atoms with Gasteiger partial charge < -0.3 is 10.6 Å².